The highest BCUT2D eigenvalue weighted by molar-refractivity contribution is 5.77. The molecule has 7 heteroatoms. The molecule has 0 bridgehead atoms. The van der Waals surface area contributed by atoms with Gasteiger partial charge in [-0.25, -0.2) is 4.98 Å². The monoisotopic (exact) mass is 258 g/mol. The van der Waals surface area contributed by atoms with Crippen LogP contribution in [0.5, 0.6) is 0 Å². The van der Waals surface area contributed by atoms with Crippen molar-refractivity contribution in [1.82, 2.24) is 4.98 Å². The van der Waals surface area contributed by atoms with Crippen molar-refractivity contribution in [3.05, 3.63) is 58.7 Å². The Balaban J connectivity index is 1.86. The van der Waals surface area contributed by atoms with Crippen molar-refractivity contribution in [3.63, 3.8) is 0 Å². The molecule has 1 N–H and O–H groups in total. The van der Waals surface area contributed by atoms with Gasteiger partial charge in [-0.1, -0.05) is 0 Å². The Kier molecular flexibility index (Phi) is 4.01. The van der Waals surface area contributed by atoms with E-state index in [9.17, 15) is 10.1 Å². The standard InChI is InChI=1S/C12H10N4O3/c17-16(18)10-5-6-12(13-9-10)15-14-7-1-3-11-4-2-8-19-11/h1-9H,(H,13,15)/b3-1+,14-7+. The number of rotatable bonds is 5. The van der Waals surface area contributed by atoms with Gasteiger partial charge in [0.1, 0.15) is 17.8 Å². The van der Waals surface area contributed by atoms with Crippen molar-refractivity contribution in [2.75, 3.05) is 5.43 Å². The van der Waals surface area contributed by atoms with Gasteiger partial charge >= 0.3 is 0 Å². The minimum atomic E-state index is -0.508. The third kappa shape index (κ3) is 3.77. The largest absolute Gasteiger partial charge is 0.465 e. The van der Waals surface area contributed by atoms with E-state index in [0.29, 0.717) is 5.82 Å². The average Bonchev–Trinajstić information content (AvgIpc) is 2.92. The van der Waals surface area contributed by atoms with Crippen molar-refractivity contribution in [3.8, 4) is 0 Å². The molecule has 19 heavy (non-hydrogen) atoms. The maximum absolute atomic E-state index is 10.4. The number of furan rings is 1. The predicted molar refractivity (Wildman–Crippen MR) is 70.7 cm³/mol. The molecule has 0 amide bonds. The fourth-order valence-corrected chi connectivity index (χ4v) is 1.23. The SMILES string of the molecule is O=[N+]([O-])c1ccc(N/N=C/C=C/c2ccco2)nc1. The fraction of sp³-hybridized carbons (Fsp3) is 0. The summed E-state index contributed by atoms with van der Waals surface area (Å²) in [6.45, 7) is 0. The fourth-order valence-electron chi connectivity index (χ4n) is 1.23. The second kappa shape index (κ2) is 6.10. The Bertz CT molecular complexity index is 588. The molecule has 0 aromatic carbocycles. The molecule has 0 saturated carbocycles. The van der Waals surface area contributed by atoms with E-state index in [1.807, 2.05) is 6.07 Å². The zero-order chi connectivity index (χ0) is 13.5. The molecule has 0 aliphatic carbocycles. The van der Waals surface area contributed by atoms with Crippen LogP contribution in [0.15, 0.2) is 52.3 Å². The molecule has 7 nitrogen and oxygen atoms in total. The molecule has 0 saturated heterocycles. The van der Waals surface area contributed by atoms with Crippen molar-refractivity contribution in [2.45, 2.75) is 0 Å². The van der Waals surface area contributed by atoms with Crippen LogP contribution in [0.4, 0.5) is 11.5 Å². The van der Waals surface area contributed by atoms with E-state index < -0.39 is 4.92 Å². The Morgan fingerprint density at radius 2 is 2.32 bits per heavy atom. The number of pyridine rings is 1. The second-order valence-corrected chi connectivity index (χ2v) is 3.42. The summed E-state index contributed by atoms with van der Waals surface area (Å²) in [7, 11) is 0. The third-order valence-corrected chi connectivity index (χ3v) is 2.10. The van der Waals surface area contributed by atoms with E-state index in [2.05, 4.69) is 15.5 Å². The third-order valence-electron chi connectivity index (χ3n) is 2.10. The summed E-state index contributed by atoms with van der Waals surface area (Å²) in [6.07, 6.45) is 7.70. The first-order chi connectivity index (χ1) is 9.25. The van der Waals surface area contributed by atoms with Gasteiger partial charge in [-0.3, -0.25) is 15.5 Å². The zero-order valence-electron chi connectivity index (χ0n) is 9.76. The summed E-state index contributed by atoms with van der Waals surface area (Å²) >= 11 is 0. The topological polar surface area (TPSA) is 93.6 Å². The summed E-state index contributed by atoms with van der Waals surface area (Å²) in [5.41, 5.74) is 2.58. The summed E-state index contributed by atoms with van der Waals surface area (Å²) in [5.74, 6) is 1.15. The average molecular weight is 258 g/mol. The molecule has 0 aliphatic heterocycles. The Morgan fingerprint density at radius 3 is 2.95 bits per heavy atom. The van der Waals surface area contributed by atoms with Crippen LogP contribution in [0.2, 0.25) is 0 Å². The summed E-state index contributed by atoms with van der Waals surface area (Å²) in [6, 6.07) is 6.43. The maximum Gasteiger partial charge on any atom is 0.287 e. The number of nitrogens with zero attached hydrogens (tertiary/aromatic N) is 3. The van der Waals surface area contributed by atoms with Gasteiger partial charge in [-0.2, -0.15) is 5.10 Å². The van der Waals surface area contributed by atoms with Crippen molar-refractivity contribution in [1.29, 1.82) is 0 Å². The number of hydrogen-bond acceptors (Lipinski definition) is 6. The van der Waals surface area contributed by atoms with E-state index >= 15 is 0 Å². The molecule has 0 aliphatic rings. The van der Waals surface area contributed by atoms with Crippen molar-refractivity contribution in [2.24, 2.45) is 5.10 Å². The Morgan fingerprint density at radius 1 is 1.42 bits per heavy atom. The highest BCUT2D eigenvalue weighted by atomic mass is 16.6. The zero-order valence-corrected chi connectivity index (χ0v) is 9.76. The molecule has 2 heterocycles. The van der Waals surface area contributed by atoms with Crippen LogP contribution >= 0.6 is 0 Å². The van der Waals surface area contributed by atoms with Crippen LogP contribution in [0.25, 0.3) is 6.08 Å². The number of anilines is 1. The maximum atomic E-state index is 10.4. The molecular formula is C12H10N4O3. The highest BCUT2D eigenvalue weighted by Crippen LogP contribution is 2.11. The number of hydrogen-bond donors (Lipinski definition) is 1. The second-order valence-electron chi connectivity index (χ2n) is 3.42. The lowest BCUT2D eigenvalue weighted by atomic mass is 10.4. The Hall–Kier alpha value is -2.96. The lowest BCUT2D eigenvalue weighted by molar-refractivity contribution is -0.385. The number of nitrogens with one attached hydrogen (secondary N) is 1. The molecular weight excluding hydrogens is 248 g/mol. The van der Waals surface area contributed by atoms with Crippen LogP contribution in [0.3, 0.4) is 0 Å². The predicted octanol–water partition coefficient (Wildman–Crippen LogP) is 2.69. The van der Waals surface area contributed by atoms with Gasteiger partial charge < -0.3 is 4.42 Å². The van der Waals surface area contributed by atoms with Crippen LogP contribution in [0, 0.1) is 10.1 Å². The van der Waals surface area contributed by atoms with E-state index in [1.54, 1.807) is 24.5 Å². The van der Waals surface area contributed by atoms with Gasteiger partial charge in [0.25, 0.3) is 5.69 Å². The Labute approximate surface area is 108 Å². The number of aromatic nitrogens is 1. The minimum absolute atomic E-state index is 0.0627. The number of nitro groups is 1. The number of hydrazone groups is 1. The van der Waals surface area contributed by atoms with Gasteiger partial charge in [0.15, 0.2) is 0 Å². The molecule has 2 aromatic rings. The summed E-state index contributed by atoms with van der Waals surface area (Å²) < 4.78 is 5.09. The van der Waals surface area contributed by atoms with Crippen LogP contribution in [-0.2, 0) is 0 Å². The van der Waals surface area contributed by atoms with E-state index in [4.69, 9.17) is 4.42 Å². The molecule has 0 fully saturated rings. The molecule has 2 aromatic heterocycles. The number of allylic oxidation sites excluding steroid dienone is 1. The van der Waals surface area contributed by atoms with E-state index in [0.717, 1.165) is 12.0 Å². The first-order valence-electron chi connectivity index (χ1n) is 5.35. The van der Waals surface area contributed by atoms with Gasteiger partial charge in [-0.05, 0) is 30.4 Å². The lowest BCUT2D eigenvalue weighted by Gasteiger charge is -1.96. The van der Waals surface area contributed by atoms with Gasteiger partial charge in [0, 0.05) is 12.3 Å². The van der Waals surface area contributed by atoms with E-state index in [-0.39, 0.29) is 5.69 Å². The van der Waals surface area contributed by atoms with Gasteiger partial charge in [0.05, 0.1) is 11.2 Å². The first kappa shape index (κ1) is 12.5. The first-order valence-corrected chi connectivity index (χ1v) is 5.35. The van der Waals surface area contributed by atoms with Crippen molar-refractivity contribution >= 4 is 23.8 Å². The molecule has 2 rings (SSSR count). The molecule has 0 atom stereocenters. The molecule has 0 radical (unpaired) electrons. The normalized spacial score (nSPS) is 11.2. The highest BCUT2D eigenvalue weighted by Gasteiger charge is 2.03. The van der Waals surface area contributed by atoms with Gasteiger partial charge in [-0.15, -0.1) is 0 Å². The van der Waals surface area contributed by atoms with Crippen LogP contribution in [0.1, 0.15) is 5.76 Å². The summed E-state index contributed by atoms with van der Waals surface area (Å²) in [5, 5.41) is 14.3. The smallest absolute Gasteiger partial charge is 0.287 e. The van der Waals surface area contributed by atoms with Crippen molar-refractivity contribution < 1.29 is 9.34 Å². The van der Waals surface area contributed by atoms with E-state index in [1.165, 1.54) is 18.3 Å². The van der Waals surface area contributed by atoms with Gasteiger partial charge in [0.2, 0.25) is 0 Å². The minimum Gasteiger partial charge on any atom is -0.465 e. The van der Waals surface area contributed by atoms with Crippen LogP contribution in [-0.4, -0.2) is 16.1 Å². The van der Waals surface area contributed by atoms with Crippen LogP contribution < -0.4 is 5.43 Å². The molecule has 0 unspecified atom stereocenters. The molecule has 96 valence electrons. The quantitative estimate of drug-likeness (QED) is 0.505. The summed E-state index contributed by atoms with van der Waals surface area (Å²) in [4.78, 5) is 13.8. The lowest BCUT2D eigenvalue weighted by Crippen LogP contribution is -1.94. The molecule has 0 spiro atoms.